The Hall–Kier alpha value is -1.59. The number of carbonyl (C=O) groups excluding carboxylic acids is 2. The standard InChI is InChI=1S/C16H26N2O4/c1-10(2)8-13(16(21)22)17-14(19)12-4-3-7-18(9-12)15(20)11-5-6-11/h10-13H,3-9H2,1-2H3,(H,17,19)(H,21,22)/t12?,13-/m0/s1. The molecule has 2 rings (SSSR count). The summed E-state index contributed by atoms with van der Waals surface area (Å²) in [7, 11) is 0. The van der Waals surface area contributed by atoms with E-state index in [0.717, 1.165) is 19.3 Å². The van der Waals surface area contributed by atoms with Crippen LogP contribution in [0.15, 0.2) is 0 Å². The second-order valence-corrected chi connectivity index (χ2v) is 6.93. The smallest absolute Gasteiger partial charge is 0.326 e. The van der Waals surface area contributed by atoms with Gasteiger partial charge < -0.3 is 15.3 Å². The van der Waals surface area contributed by atoms with Gasteiger partial charge in [-0.15, -0.1) is 0 Å². The molecule has 0 aromatic heterocycles. The summed E-state index contributed by atoms with van der Waals surface area (Å²) in [5, 5.41) is 11.9. The van der Waals surface area contributed by atoms with Crippen LogP contribution in [0.25, 0.3) is 0 Å². The van der Waals surface area contributed by atoms with Gasteiger partial charge in [-0.25, -0.2) is 4.79 Å². The van der Waals surface area contributed by atoms with Crippen LogP contribution >= 0.6 is 0 Å². The highest BCUT2D eigenvalue weighted by atomic mass is 16.4. The van der Waals surface area contributed by atoms with Crippen molar-refractivity contribution in [3.63, 3.8) is 0 Å². The van der Waals surface area contributed by atoms with E-state index in [1.54, 1.807) is 4.90 Å². The Morgan fingerprint density at radius 1 is 1.18 bits per heavy atom. The lowest BCUT2D eigenvalue weighted by Gasteiger charge is -2.32. The molecule has 2 aliphatic rings. The number of carboxylic acids is 1. The molecular weight excluding hydrogens is 284 g/mol. The van der Waals surface area contributed by atoms with Crippen LogP contribution in [0.1, 0.15) is 46.0 Å². The summed E-state index contributed by atoms with van der Waals surface area (Å²) in [6, 6.07) is -0.845. The van der Waals surface area contributed by atoms with Crippen LogP contribution in [0.4, 0.5) is 0 Å². The number of carbonyl (C=O) groups is 3. The monoisotopic (exact) mass is 310 g/mol. The van der Waals surface area contributed by atoms with Crippen molar-refractivity contribution in [2.75, 3.05) is 13.1 Å². The van der Waals surface area contributed by atoms with Crippen molar-refractivity contribution < 1.29 is 19.5 Å². The van der Waals surface area contributed by atoms with E-state index in [-0.39, 0.29) is 29.6 Å². The summed E-state index contributed by atoms with van der Waals surface area (Å²) in [6.45, 7) is 5.00. The van der Waals surface area contributed by atoms with Gasteiger partial charge in [0.05, 0.1) is 5.92 Å². The number of nitrogens with one attached hydrogen (secondary N) is 1. The van der Waals surface area contributed by atoms with Gasteiger partial charge in [0.15, 0.2) is 0 Å². The number of hydrogen-bond donors (Lipinski definition) is 2. The molecule has 22 heavy (non-hydrogen) atoms. The van der Waals surface area contributed by atoms with Crippen molar-refractivity contribution in [2.45, 2.75) is 52.0 Å². The average molecular weight is 310 g/mol. The Morgan fingerprint density at radius 2 is 1.86 bits per heavy atom. The van der Waals surface area contributed by atoms with Crippen molar-refractivity contribution in [2.24, 2.45) is 17.8 Å². The Morgan fingerprint density at radius 3 is 2.41 bits per heavy atom. The lowest BCUT2D eigenvalue weighted by atomic mass is 9.95. The molecule has 0 spiro atoms. The number of hydrogen-bond acceptors (Lipinski definition) is 3. The predicted molar refractivity (Wildman–Crippen MR) is 81.0 cm³/mol. The summed E-state index contributed by atoms with van der Waals surface area (Å²) in [5.74, 6) is -1.000. The van der Waals surface area contributed by atoms with E-state index >= 15 is 0 Å². The highest BCUT2D eigenvalue weighted by molar-refractivity contribution is 5.86. The van der Waals surface area contributed by atoms with Gasteiger partial charge >= 0.3 is 5.97 Å². The zero-order valence-electron chi connectivity index (χ0n) is 13.4. The first-order valence-corrected chi connectivity index (χ1v) is 8.20. The number of amides is 2. The molecule has 1 unspecified atom stereocenters. The molecule has 2 amide bonds. The van der Waals surface area contributed by atoms with Crippen molar-refractivity contribution >= 4 is 17.8 Å². The number of likely N-dealkylation sites (tertiary alicyclic amines) is 1. The second kappa shape index (κ2) is 7.11. The molecule has 1 saturated heterocycles. The van der Waals surface area contributed by atoms with E-state index in [4.69, 9.17) is 0 Å². The van der Waals surface area contributed by atoms with E-state index in [0.29, 0.717) is 25.9 Å². The molecule has 1 saturated carbocycles. The topological polar surface area (TPSA) is 86.7 Å². The van der Waals surface area contributed by atoms with Crippen LogP contribution in [0.5, 0.6) is 0 Å². The minimum atomic E-state index is -0.997. The van der Waals surface area contributed by atoms with E-state index in [1.165, 1.54) is 0 Å². The molecule has 0 aromatic rings. The highest BCUT2D eigenvalue weighted by Crippen LogP contribution is 2.32. The zero-order valence-corrected chi connectivity index (χ0v) is 13.4. The Labute approximate surface area is 131 Å². The highest BCUT2D eigenvalue weighted by Gasteiger charge is 2.37. The quantitative estimate of drug-likeness (QED) is 0.773. The van der Waals surface area contributed by atoms with Crippen molar-refractivity contribution in [3.8, 4) is 0 Å². The molecule has 6 heteroatoms. The lowest BCUT2D eigenvalue weighted by molar-refractivity contribution is -0.144. The number of piperidine rings is 1. The minimum absolute atomic E-state index is 0.162. The first kappa shape index (κ1) is 16.8. The Balaban J connectivity index is 1.90. The fourth-order valence-corrected chi connectivity index (χ4v) is 2.96. The van der Waals surface area contributed by atoms with Crippen LogP contribution in [-0.4, -0.2) is 46.9 Å². The fraction of sp³-hybridized carbons (Fsp3) is 0.812. The molecule has 6 nitrogen and oxygen atoms in total. The van der Waals surface area contributed by atoms with Crippen LogP contribution in [0.2, 0.25) is 0 Å². The summed E-state index contributed by atoms with van der Waals surface area (Å²) in [4.78, 5) is 37.5. The lowest BCUT2D eigenvalue weighted by Crippen LogP contribution is -2.50. The molecule has 2 fully saturated rings. The molecule has 2 atom stereocenters. The fourth-order valence-electron chi connectivity index (χ4n) is 2.96. The van der Waals surface area contributed by atoms with Crippen LogP contribution in [0, 0.1) is 17.8 Å². The molecule has 0 radical (unpaired) electrons. The van der Waals surface area contributed by atoms with Crippen LogP contribution in [-0.2, 0) is 14.4 Å². The summed E-state index contributed by atoms with van der Waals surface area (Å²) in [6.07, 6.45) is 3.86. The maximum absolute atomic E-state index is 12.3. The number of aliphatic carboxylic acids is 1. The molecule has 2 N–H and O–H groups in total. The molecule has 0 bridgehead atoms. The van der Waals surface area contributed by atoms with Gasteiger partial charge in [0.2, 0.25) is 11.8 Å². The summed E-state index contributed by atoms with van der Waals surface area (Å²) < 4.78 is 0. The molecule has 124 valence electrons. The van der Waals surface area contributed by atoms with E-state index in [2.05, 4.69) is 5.32 Å². The first-order valence-electron chi connectivity index (χ1n) is 8.20. The largest absolute Gasteiger partial charge is 0.480 e. The molecule has 1 aliphatic carbocycles. The normalized spacial score (nSPS) is 23.2. The maximum atomic E-state index is 12.3. The zero-order chi connectivity index (χ0) is 16.3. The Kier molecular flexibility index (Phi) is 5.42. The van der Waals surface area contributed by atoms with Gasteiger partial charge in [-0.05, 0) is 38.0 Å². The van der Waals surface area contributed by atoms with Gasteiger partial charge in [0.1, 0.15) is 6.04 Å². The second-order valence-electron chi connectivity index (χ2n) is 6.93. The molecule has 0 aromatic carbocycles. The van der Waals surface area contributed by atoms with Gasteiger partial charge in [-0.1, -0.05) is 13.8 Å². The third-order valence-electron chi connectivity index (χ3n) is 4.35. The average Bonchev–Trinajstić information content (AvgIpc) is 3.30. The van der Waals surface area contributed by atoms with E-state index in [1.807, 2.05) is 13.8 Å². The van der Waals surface area contributed by atoms with Gasteiger partial charge in [-0.3, -0.25) is 9.59 Å². The maximum Gasteiger partial charge on any atom is 0.326 e. The number of nitrogens with zero attached hydrogens (tertiary/aromatic N) is 1. The van der Waals surface area contributed by atoms with Crippen LogP contribution < -0.4 is 5.32 Å². The summed E-state index contributed by atoms with van der Waals surface area (Å²) in [5.41, 5.74) is 0. The molecule has 1 heterocycles. The van der Waals surface area contributed by atoms with Crippen molar-refractivity contribution in [1.82, 2.24) is 10.2 Å². The minimum Gasteiger partial charge on any atom is -0.480 e. The molecular formula is C16H26N2O4. The van der Waals surface area contributed by atoms with Crippen molar-refractivity contribution in [3.05, 3.63) is 0 Å². The van der Waals surface area contributed by atoms with Gasteiger partial charge in [0, 0.05) is 19.0 Å². The van der Waals surface area contributed by atoms with E-state index in [9.17, 15) is 19.5 Å². The predicted octanol–water partition coefficient (Wildman–Crippen LogP) is 1.25. The molecule has 1 aliphatic heterocycles. The van der Waals surface area contributed by atoms with Gasteiger partial charge in [-0.2, -0.15) is 0 Å². The number of rotatable bonds is 6. The SMILES string of the molecule is CC(C)C[C@H](NC(=O)C1CCCN(C(=O)C2CC2)C1)C(=O)O. The Bertz CT molecular complexity index is 445. The van der Waals surface area contributed by atoms with Crippen LogP contribution in [0.3, 0.4) is 0 Å². The number of carboxylic acid groups (broad SMARTS) is 1. The first-order chi connectivity index (χ1) is 10.4. The van der Waals surface area contributed by atoms with E-state index < -0.39 is 12.0 Å². The summed E-state index contributed by atoms with van der Waals surface area (Å²) >= 11 is 0. The van der Waals surface area contributed by atoms with Gasteiger partial charge in [0.25, 0.3) is 0 Å². The third-order valence-corrected chi connectivity index (χ3v) is 4.35. The third kappa shape index (κ3) is 4.45. The van der Waals surface area contributed by atoms with Crippen molar-refractivity contribution in [1.29, 1.82) is 0 Å².